The molecule has 1 N–H and O–H groups in total. The molecule has 7 heteroatoms. The molecule has 3 heterocycles. The minimum absolute atomic E-state index is 0.0233. The third kappa shape index (κ3) is 3.80. The first kappa shape index (κ1) is 19.8. The van der Waals surface area contributed by atoms with Gasteiger partial charge in [0.15, 0.2) is 11.5 Å². The van der Waals surface area contributed by atoms with E-state index in [0.717, 1.165) is 11.0 Å². The summed E-state index contributed by atoms with van der Waals surface area (Å²) in [4.78, 5) is 24.7. The van der Waals surface area contributed by atoms with Crippen molar-refractivity contribution in [3.8, 4) is 0 Å². The Balaban J connectivity index is 1.39. The Morgan fingerprint density at radius 2 is 1.97 bits per heavy atom. The van der Waals surface area contributed by atoms with E-state index >= 15 is 0 Å². The van der Waals surface area contributed by atoms with Gasteiger partial charge in [0.25, 0.3) is 5.91 Å². The minimum Gasteiger partial charge on any atom is -0.467 e. The van der Waals surface area contributed by atoms with Gasteiger partial charge in [0.05, 0.1) is 12.8 Å². The molecule has 1 aliphatic heterocycles. The Labute approximate surface area is 184 Å². The predicted molar refractivity (Wildman–Crippen MR) is 121 cm³/mol. The van der Waals surface area contributed by atoms with Gasteiger partial charge in [-0.25, -0.2) is 5.01 Å². The molecule has 1 unspecified atom stereocenters. The van der Waals surface area contributed by atoms with Gasteiger partial charge in [-0.3, -0.25) is 9.59 Å². The molecule has 2 aromatic heterocycles. The quantitative estimate of drug-likeness (QED) is 0.437. The van der Waals surface area contributed by atoms with Crippen LogP contribution >= 0.6 is 0 Å². The highest BCUT2D eigenvalue weighted by molar-refractivity contribution is 6.03. The molecule has 2 aromatic carbocycles. The molecule has 0 fully saturated rings. The fraction of sp³-hybridized carbons (Fsp3) is 0.160. The molecule has 0 bridgehead atoms. The summed E-state index contributed by atoms with van der Waals surface area (Å²) in [6.07, 6.45) is 2.07. The van der Waals surface area contributed by atoms with Crippen LogP contribution in [0.15, 0.2) is 86.9 Å². The van der Waals surface area contributed by atoms with Gasteiger partial charge in [-0.2, -0.15) is 5.10 Å². The zero-order chi connectivity index (χ0) is 22.1. The van der Waals surface area contributed by atoms with E-state index in [4.69, 9.17) is 8.83 Å². The lowest BCUT2D eigenvalue weighted by molar-refractivity contribution is -0.131. The van der Waals surface area contributed by atoms with Crippen molar-refractivity contribution in [2.24, 2.45) is 5.10 Å². The van der Waals surface area contributed by atoms with Crippen LogP contribution in [0.2, 0.25) is 0 Å². The minimum atomic E-state index is -0.355. The standard InChI is InChI=1S/C25H21N3O4/c1-16(29)17-7-4-8-19(12-17)26-15-25(30)28-21(23-10-5-11-31-23)14-20(27-28)24-13-18-6-2-3-9-22(18)32-24/h2-13,21,26H,14-15H2,1H3. The number of amides is 1. The number of hydrogen-bond acceptors (Lipinski definition) is 6. The molecule has 0 radical (unpaired) electrons. The molecule has 160 valence electrons. The maximum Gasteiger partial charge on any atom is 0.262 e. The Morgan fingerprint density at radius 3 is 2.75 bits per heavy atom. The molecule has 32 heavy (non-hydrogen) atoms. The average Bonchev–Trinajstić information content (AvgIpc) is 3.56. The molecule has 7 nitrogen and oxygen atoms in total. The molecular formula is C25H21N3O4. The highest BCUT2D eigenvalue weighted by Gasteiger charge is 2.35. The zero-order valence-corrected chi connectivity index (χ0v) is 17.4. The van der Waals surface area contributed by atoms with E-state index in [1.807, 2.05) is 42.5 Å². The molecule has 0 saturated heterocycles. The second-order valence-electron chi connectivity index (χ2n) is 7.66. The fourth-order valence-electron chi connectivity index (χ4n) is 3.82. The molecule has 4 aromatic rings. The van der Waals surface area contributed by atoms with E-state index in [2.05, 4.69) is 10.4 Å². The van der Waals surface area contributed by atoms with Crippen LogP contribution in [0.1, 0.15) is 41.3 Å². The van der Waals surface area contributed by atoms with E-state index in [9.17, 15) is 9.59 Å². The Morgan fingerprint density at radius 1 is 1.09 bits per heavy atom. The smallest absolute Gasteiger partial charge is 0.262 e. The second kappa shape index (κ2) is 8.19. The first-order chi connectivity index (χ1) is 15.6. The number of carbonyl (C=O) groups excluding carboxylic acids is 2. The number of hydrogen-bond donors (Lipinski definition) is 1. The number of Topliss-reactive ketones (excluding diaryl/α,β-unsaturated/α-hetero) is 1. The van der Waals surface area contributed by atoms with Gasteiger partial charge < -0.3 is 14.2 Å². The number of nitrogens with zero attached hydrogens (tertiary/aromatic N) is 2. The molecule has 1 aliphatic rings. The number of hydrazone groups is 1. The third-order valence-corrected chi connectivity index (χ3v) is 5.46. The maximum absolute atomic E-state index is 13.1. The summed E-state index contributed by atoms with van der Waals surface area (Å²) in [5.41, 5.74) is 2.75. The Kier molecular flexibility index (Phi) is 5.07. The van der Waals surface area contributed by atoms with Gasteiger partial charge >= 0.3 is 0 Å². The number of rotatable bonds is 6. The number of nitrogens with one attached hydrogen (secondary N) is 1. The normalized spacial score (nSPS) is 15.7. The molecule has 0 spiro atoms. The van der Waals surface area contributed by atoms with Crippen LogP contribution in [0.4, 0.5) is 5.69 Å². The van der Waals surface area contributed by atoms with Gasteiger partial charge in [0, 0.05) is 23.1 Å². The highest BCUT2D eigenvalue weighted by Crippen LogP contribution is 2.34. The third-order valence-electron chi connectivity index (χ3n) is 5.46. The molecule has 1 amide bonds. The summed E-state index contributed by atoms with van der Waals surface area (Å²) in [7, 11) is 0. The van der Waals surface area contributed by atoms with E-state index in [0.29, 0.717) is 34.9 Å². The van der Waals surface area contributed by atoms with Crippen LogP contribution in [0.5, 0.6) is 0 Å². The average molecular weight is 427 g/mol. The second-order valence-corrected chi connectivity index (χ2v) is 7.66. The lowest BCUT2D eigenvalue weighted by atomic mass is 10.1. The number of para-hydroxylation sites is 1. The number of benzene rings is 2. The fourth-order valence-corrected chi connectivity index (χ4v) is 3.82. The first-order valence-corrected chi connectivity index (χ1v) is 10.4. The number of anilines is 1. The lowest BCUT2D eigenvalue weighted by Crippen LogP contribution is -2.32. The number of ketones is 1. The summed E-state index contributed by atoms with van der Waals surface area (Å²) < 4.78 is 11.6. The van der Waals surface area contributed by atoms with Crippen molar-refractivity contribution in [3.05, 3.63) is 90.1 Å². The Hall–Kier alpha value is -4.13. The van der Waals surface area contributed by atoms with Crippen molar-refractivity contribution in [1.29, 1.82) is 0 Å². The van der Waals surface area contributed by atoms with E-state index < -0.39 is 0 Å². The van der Waals surface area contributed by atoms with Crippen molar-refractivity contribution in [2.45, 2.75) is 19.4 Å². The van der Waals surface area contributed by atoms with E-state index in [1.54, 1.807) is 30.5 Å². The highest BCUT2D eigenvalue weighted by atomic mass is 16.3. The first-order valence-electron chi connectivity index (χ1n) is 10.4. The molecule has 0 saturated carbocycles. The molecule has 0 aliphatic carbocycles. The van der Waals surface area contributed by atoms with Crippen LogP contribution in [0.3, 0.4) is 0 Å². The maximum atomic E-state index is 13.1. The monoisotopic (exact) mass is 427 g/mol. The molecular weight excluding hydrogens is 406 g/mol. The zero-order valence-electron chi connectivity index (χ0n) is 17.4. The van der Waals surface area contributed by atoms with Crippen LogP contribution in [0.25, 0.3) is 11.0 Å². The summed E-state index contributed by atoms with van der Waals surface area (Å²) in [5, 5.41) is 10.1. The Bertz CT molecular complexity index is 1290. The number of furan rings is 2. The topological polar surface area (TPSA) is 88.0 Å². The largest absolute Gasteiger partial charge is 0.467 e. The van der Waals surface area contributed by atoms with Gasteiger partial charge in [-0.05, 0) is 43.3 Å². The summed E-state index contributed by atoms with van der Waals surface area (Å²) in [6, 6.07) is 20.0. The number of carbonyl (C=O) groups is 2. The van der Waals surface area contributed by atoms with E-state index in [-0.39, 0.29) is 24.3 Å². The van der Waals surface area contributed by atoms with Gasteiger partial charge in [0.2, 0.25) is 0 Å². The van der Waals surface area contributed by atoms with Gasteiger partial charge in [0.1, 0.15) is 23.1 Å². The van der Waals surface area contributed by atoms with Crippen molar-refractivity contribution in [2.75, 3.05) is 11.9 Å². The molecule has 5 rings (SSSR count). The van der Waals surface area contributed by atoms with Crippen LogP contribution in [-0.4, -0.2) is 29.0 Å². The van der Waals surface area contributed by atoms with Gasteiger partial charge in [-0.15, -0.1) is 0 Å². The van der Waals surface area contributed by atoms with Crippen LogP contribution in [-0.2, 0) is 4.79 Å². The van der Waals surface area contributed by atoms with Crippen molar-refractivity contribution < 1.29 is 18.4 Å². The lowest BCUT2D eigenvalue weighted by Gasteiger charge is -2.20. The van der Waals surface area contributed by atoms with Crippen LogP contribution < -0.4 is 5.32 Å². The van der Waals surface area contributed by atoms with E-state index in [1.165, 1.54) is 11.9 Å². The summed E-state index contributed by atoms with van der Waals surface area (Å²) >= 11 is 0. The van der Waals surface area contributed by atoms with Crippen molar-refractivity contribution >= 4 is 34.1 Å². The van der Waals surface area contributed by atoms with Crippen LogP contribution in [0, 0.1) is 0 Å². The summed E-state index contributed by atoms with van der Waals surface area (Å²) in [5.74, 6) is 1.05. The predicted octanol–water partition coefficient (Wildman–Crippen LogP) is 5.02. The summed E-state index contributed by atoms with van der Waals surface area (Å²) in [6.45, 7) is 1.53. The van der Waals surface area contributed by atoms with Crippen molar-refractivity contribution in [3.63, 3.8) is 0 Å². The number of fused-ring (bicyclic) bond motifs is 1. The van der Waals surface area contributed by atoms with Gasteiger partial charge in [-0.1, -0.05) is 30.3 Å². The molecule has 1 atom stereocenters. The SMILES string of the molecule is CC(=O)c1cccc(NCC(=O)N2N=C(c3cc4ccccc4o3)CC2c2ccco2)c1. The van der Waals surface area contributed by atoms with Crippen molar-refractivity contribution in [1.82, 2.24) is 5.01 Å².